The summed E-state index contributed by atoms with van der Waals surface area (Å²) in [6.45, 7) is -3.30. The fraction of sp³-hybridized carbons (Fsp3) is 0.125. The molecule has 63 heavy (non-hydrogen) atoms. The first-order valence-corrected chi connectivity index (χ1v) is 19.1. The minimum atomic E-state index is -1.38. The number of rotatable bonds is 20. The van der Waals surface area contributed by atoms with Crippen LogP contribution in [0.15, 0.2) is 146 Å². The number of hydrogen-bond acceptors (Lipinski definition) is 15. The maximum Gasteiger partial charge on any atom is 0.344 e. The number of ketones is 3. The van der Waals surface area contributed by atoms with Crippen LogP contribution in [0, 0.1) is 0 Å². The van der Waals surface area contributed by atoms with Crippen molar-refractivity contribution in [1.29, 1.82) is 0 Å². The number of carbonyl (C=O) groups excluding carboxylic acids is 6. The number of hydrogen-bond donors (Lipinski definition) is 3. The Morgan fingerprint density at radius 2 is 0.698 bits per heavy atom. The Bertz CT molecular complexity index is 2470. The van der Waals surface area contributed by atoms with E-state index in [1.807, 2.05) is 0 Å². The SMILES string of the molecule is O=C(COc1ccc(C(=O)c2ccccc2)c(O)c1)OCC(COC(=O)COc1ccc(C(=O)c2ccccc2)c(O)c1)OC(=O)COc1ccc(C(=O)c2ccccc2)c(O)c1. The van der Waals surface area contributed by atoms with Crippen molar-refractivity contribution < 1.29 is 72.5 Å². The third-order valence-corrected chi connectivity index (χ3v) is 8.98. The Morgan fingerprint density at radius 1 is 0.397 bits per heavy atom. The second-order valence-electron chi connectivity index (χ2n) is 13.5. The molecule has 0 saturated heterocycles. The molecule has 0 atom stereocenters. The largest absolute Gasteiger partial charge is 0.507 e. The molecule has 0 bridgehead atoms. The number of aromatic hydroxyl groups is 3. The molecule has 0 amide bonds. The Morgan fingerprint density at radius 3 is 1.00 bits per heavy atom. The van der Waals surface area contributed by atoms with Gasteiger partial charge in [-0.15, -0.1) is 0 Å². The van der Waals surface area contributed by atoms with E-state index < -0.39 is 80.1 Å². The van der Waals surface area contributed by atoms with Gasteiger partial charge >= 0.3 is 17.9 Å². The zero-order chi connectivity index (χ0) is 44.7. The van der Waals surface area contributed by atoms with E-state index in [0.29, 0.717) is 16.7 Å². The standard InChI is InChI=1S/C48H38O15/c49-40-22-33(16-19-37(40)46(55)30-10-4-1-5-11-30)58-27-43(52)61-25-36(63-45(54)29-60-35-18-21-39(42(51)24-35)48(57)32-14-8-3-9-15-32)26-62-44(53)28-59-34-17-20-38(41(50)23-34)47(56)31-12-6-2-7-13-31/h1-24,36,49-51H,25-29H2. The van der Waals surface area contributed by atoms with Gasteiger partial charge in [0.1, 0.15) is 47.7 Å². The fourth-order valence-electron chi connectivity index (χ4n) is 5.83. The lowest BCUT2D eigenvalue weighted by Crippen LogP contribution is -2.34. The van der Waals surface area contributed by atoms with Crippen molar-refractivity contribution in [1.82, 2.24) is 0 Å². The van der Waals surface area contributed by atoms with Gasteiger partial charge in [0, 0.05) is 34.9 Å². The average molecular weight is 855 g/mol. The van der Waals surface area contributed by atoms with Crippen LogP contribution in [0.3, 0.4) is 0 Å². The molecule has 0 aliphatic rings. The van der Waals surface area contributed by atoms with Gasteiger partial charge in [-0.05, 0) is 36.4 Å². The monoisotopic (exact) mass is 854 g/mol. The highest BCUT2D eigenvalue weighted by Crippen LogP contribution is 2.28. The van der Waals surface area contributed by atoms with Gasteiger partial charge in [0.15, 0.2) is 43.3 Å². The molecule has 0 aliphatic carbocycles. The van der Waals surface area contributed by atoms with E-state index >= 15 is 0 Å². The van der Waals surface area contributed by atoms with Gasteiger partial charge in [-0.2, -0.15) is 0 Å². The van der Waals surface area contributed by atoms with E-state index in [1.54, 1.807) is 91.0 Å². The zero-order valence-electron chi connectivity index (χ0n) is 33.2. The van der Waals surface area contributed by atoms with E-state index in [0.717, 1.165) is 18.2 Å². The van der Waals surface area contributed by atoms with Crippen LogP contribution in [0.25, 0.3) is 0 Å². The molecule has 6 aromatic rings. The van der Waals surface area contributed by atoms with Crippen molar-refractivity contribution in [2.24, 2.45) is 0 Å². The summed E-state index contributed by atoms with van der Waals surface area (Å²) in [5.74, 6) is -5.22. The Kier molecular flexibility index (Phi) is 14.8. The Hall–Kier alpha value is -8.46. The molecule has 0 heterocycles. The summed E-state index contributed by atoms with van der Waals surface area (Å²) in [7, 11) is 0. The molecule has 15 heteroatoms. The quantitative estimate of drug-likeness (QED) is 0.0454. The summed E-state index contributed by atoms with van der Waals surface area (Å²) in [5, 5.41) is 31.4. The summed E-state index contributed by atoms with van der Waals surface area (Å²) in [4.78, 5) is 76.6. The number of ether oxygens (including phenoxy) is 6. The molecule has 3 N–H and O–H groups in total. The lowest BCUT2D eigenvalue weighted by Gasteiger charge is -2.18. The lowest BCUT2D eigenvalue weighted by atomic mass is 10.0. The van der Waals surface area contributed by atoms with E-state index in [-0.39, 0.29) is 45.4 Å². The molecular formula is C48H38O15. The number of esters is 3. The summed E-state index contributed by atoms with van der Waals surface area (Å²) in [6, 6.07) is 36.5. The van der Waals surface area contributed by atoms with E-state index in [4.69, 9.17) is 28.4 Å². The van der Waals surface area contributed by atoms with Crippen molar-refractivity contribution in [2.45, 2.75) is 6.10 Å². The van der Waals surface area contributed by atoms with Gasteiger partial charge in [-0.25, -0.2) is 14.4 Å². The minimum Gasteiger partial charge on any atom is -0.507 e. The number of carbonyl (C=O) groups is 6. The summed E-state index contributed by atoms with van der Waals surface area (Å²) in [5.41, 5.74) is 1.11. The van der Waals surface area contributed by atoms with Gasteiger partial charge in [0.25, 0.3) is 0 Å². The number of phenolic OH excluding ortho intramolecular Hbond substituents is 3. The molecule has 6 rings (SSSR count). The van der Waals surface area contributed by atoms with Gasteiger partial charge in [-0.1, -0.05) is 91.0 Å². The van der Waals surface area contributed by atoms with E-state index in [2.05, 4.69) is 0 Å². The van der Waals surface area contributed by atoms with Crippen LogP contribution in [-0.2, 0) is 28.6 Å². The predicted molar refractivity (Wildman–Crippen MR) is 222 cm³/mol. The molecule has 0 spiro atoms. The number of benzene rings is 6. The van der Waals surface area contributed by atoms with Crippen LogP contribution in [0.2, 0.25) is 0 Å². The smallest absolute Gasteiger partial charge is 0.344 e. The molecule has 6 aromatic carbocycles. The van der Waals surface area contributed by atoms with Gasteiger partial charge < -0.3 is 43.7 Å². The van der Waals surface area contributed by atoms with Gasteiger partial charge in [0.05, 0.1) is 16.7 Å². The first-order chi connectivity index (χ1) is 30.4. The van der Waals surface area contributed by atoms with Crippen LogP contribution < -0.4 is 14.2 Å². The Labute approximate surface area is 359 Å². The van der Waals surface area contributed by atoms with Crippen LogP contribution in [-0.4, -0.2) is 89.7 Å². The highest BCUT2D eigenvalue weighted by Gasteiger charge is 2.22. The predicted octanol–water partition coefficient (Wildman–Crippen LogP) is 6.03. The molecular weight excluding hydrogens is 817 g/mol. The molecule has 15 nitrogen and oxygen atoms in total. The van der Waals surface area contributed by atoms with Crippen molar-refractivity contribution >= 4 is 35.3 Å². The topological polar surface area (TPSA) is 218 Å². The van der Waals surface area contributed by atoms with Crippen molar-refractivity contribution in [3.8, 4) is 34.5 Å². The molecule has 0 fully saturated rings. The van der Waals surface area contributed by atoms with Crippen molar-refractivity contribution in [3.05, 3.63) is 179 Å². The third kappa shape index (κ3) is 12.3. The molecule has 0 unspecified atom stereocenters. The van der Waals surface area contributed by atoms with Crippen LogP contribution in [0.5, 0.6) is 34.5 Å². The molecule has 0 aliphatic heterocycles. The van der Waals surface area contributed by atoms with E-state index in [9.17, 15) is 44.1 Å². The maximum atomic E-state index is 12.9. The first kappa shape index (κ1) is 44.1. The first-order valence-electron chi connectivity index (χ1n) is 19.1. The fourth-order valence-corrected chi connectivity index (χ4v) is 5.83. The second-order valence-corrected chi connectivity index (χ2v) is 13.5. The second kappa shape index (κ2) is 21.2. The summed E-state index contributed by atoms with van der Waals surface area (Å²) >= 11 is 0. The highest BCUT2D eigenvalue weighted by molar-refractivity contribution is 6.12. The third-order valence-electron chi connectivity index (χ3n) is 8.98. The van der Waals surface area contributed by atoms with Gasteiger partial charge in [-0.3, -0.25) is 14.4 Å². The van der Waals surface area contributed by atoms with Gasteiger partial charge in [0.2, 0.25) is 0 Å². The molecule has 320 valence electrons. The minimum absolute atomic E-state index is 0.00623. The zero-order valence-corrected chi connectivity index (χ0v) is 33.2. The number of phenols is 3. The summed E-state index contributed by atoms with van der Waals surface area (Å²) in [6.07, 6.45) is -1.38. The highest BCUT2D eigenvalue weighted by atomic mass is 16.6. The summed E-state index contributed by atoms with van der Waals surface area (Å²) < 4.78 is 32.1. The molecule has 0 saturated carbocycles. The molecule has 0 aromatic heterocycles. The van der Waals surface area contributed by atoms with Crippen LogP contribution >= 0.6 is 0 Å². The average Bonchev–Trinajstić information content (AvgIpc) is 3.30. The van der Waals surface area contributed by atoms with Crippen LogP contribution in [0.1, 0.15) is 47.8 Å². The lowest BCUT2D eigenvalue weighted by molar-refractivity contribution is -0.169. The van der Waals surface area contributed by atoms with Crippen molar-refractivity contribution in [3.63, 3.8) is 0 Å². The molecule has 0 radical (unpaired) electrons. The maximum absolute atomic E-state index is 12.9. The van der Waals surface area contributed by atoms with Crippen molar-refractivity contribution in [2.75, 3.05) is 33.0 Å². The van der Waals surface area contributed by atoms with Crippen LogP contribution in [0.4, 0.5) is 0 Å². The Balaban J connectivity index is 1.03. The van der Waals surface area contributed by atoms with E-state index in [1.165, 1.54) is 36.4 Å². The normalized spacial score (nSPS) is 10.6.